The topological polar surface area (TPSA) is 88.7 Å². The first-order valence-corrected chi connectivity index (χ1v) is 8.19. The number of hydrazine groups is 1. The molecule has 26 heavy (non-hydrogen) atoms. The van der Waals surface area contributed by atoms with Crippen LogP contribution >= 0.6 is 23.8 Å². The minimum atomic E-state index is -0.472. The summed E-state index contributed by atoms with van der Waals surface area (Å²) >= 11 is 10.8. The van der Waals surface area contributed by atoms with Crippen LogP contribution in [0, 0.1) is 0 Å². The summed E-state index contributed by atoms with van der Waals surface area (Å²) in [6, 6.07) is 13.2. The highest BCUT2D eigenvalue weighted by atomic mass is 35.5. The maximum absolute atomic E-state index is 12.0. The third-order valence-corrected chi connectivity index (χ3v) is 3.50. The Hall–Kier alpha value is -2.84. The molecule has 7 nitrogen and oxygen atoms in total. The van der Waals surface area contributed by atoms with Gasteiger partial charge in [-0.15, -0.1) is 0 Å². The number of hydrogen-bond acceptors (Lipinski definition) is 5. The van der Waals surface area contributed by atoms with Crippen molar-refractivity contribution in [3.8, 4) is 11.5 Å². The van der Waals surface area contributed by atoms with Gasteiger partial charge in [0.05, 0.1) is 7.11 Å². The van der Waals surface area contributed by atoms with E-state index in [0.717, 1.165) is 0 Å². The number of carbonyl (C=O) groups is 2. The SMILES string of the molecule is COc1ccc(OCC(=O)NNC(=S)NC(=O)c2cccc(Cl)c2)cc1. The van der Waals surface area contributed by atoms with E-state index in [1.54, 1.807) is 49.6 Å². The molecule has 0 fully saturated rings. The molecule has 0 bridgehead atoms. The van der Waals surface area contributed by atoms with E-state index in [4.69, 9.17) is 33.3 Å². The predicted octanol–water partition coefficient (Wildman–Crippen LogP) is 2.06. The first-order chi connectivity index (χ1) is 12.5. The maximum Gasteiger partial charge on any atom is 0.276 e. The molecule has 2 aromatic rings. The molecule has 0 unspecified atom stereocenters. The molecule has 136 valence electrons. The number of thiocarbonyl (C=S) groups is 1. The lowest BCUT2D eigenvalue weighted by molar-refractivity contribution is -0.123. The van der Waals surface area contributed by atoms with Crippen molar-refractivity contribution in [1.29, 1.82) is 0 Å². The smallest absolute Gasteiger partial charge is 0.276 e. The van der Waals surface area contributed by atoms with E-state index in [1.165, 1.54) is 6.07 Å². The second kappa shape index (κ2) is 9.59. The fourth-order valence-corrected chi connectivity index (χ4v) is 2.15. The summed E-state index contributed by atoms with van der Waals surface area (Å²) in [6.45, 7) is -0.232. The summed E-state index contributed by atoms with van der Waals surface area (Å²) < 4.78 is 10.3. The van der Waals surface area contributed by atoms with Crippen molar-refractivity contribution in [3.05, 3.63) is 59.1 Å². The number of benzene rings is 2. The van der Waals surface area contributed by atoms with Crippen LogP contribution in [0.5, 0.6) is 11.5 Å². The highest BCUT2D eigenvalue weighted by Gasteiger charge is 2.09. The second-order valence-electron chi connectivity index (χ2n) is 4.93. The van der Waals surface area contributed by atoms with Crippen LogP contribution in [-0.2, 0) is 4.79 Å². The Morgan fingerprint density at radius 3 is 2.42 bits per heavy atom. The van der Waals surface area contributed by atoms with Crippen LogP contribution in [0.3, 0.4) is 0 Å². The predicted molar refractivity (Wildman–Crippen MR) is 101 cm³/mol. The lowest BCUT2D eigenvalue weighted by Gasteiger charge is -2.11. The quantitative estimate of drug-likeness (QED) is 0.532. The van der Waals surface area contributed by atoms with Crippen molar-refractivity contribution in [2.45, 2.75) is 0 Å². The van der Waals surface area contributed by atoms with Crippen LogP contribution < -0.4 is 25.6 Å². The molecule has 0 spiro atoms. The molecule has 0 atom stereocenters. The lowest BCUT2D eigenvalue weighted by atomic mass is 10.2. The first kappa shape index (κ1) is 19.5. The molecule has 0 radical (unpaired) electrons. The van der Waals surface area contributed by atoms with E-state index in [1.807, 2.05) is 0 Å². The highest BCUT2D eigenvalue weighted by molar-refractivity contribution is 7.80. The number of nitrogens with one attached hydrogen (secondary N) is 3. The van der Waals surface area contributed by atoms with Gasteiger partial charge in [0, 0.05) is 10.6 Å². The number of hydrogen-bond donors (Lipinski definition) is 3. The number of methoxy groups -OCH3 is 1. The Balaban J connectivity index is 1.72. The van der Waals surface area contributed by atoms with E-state index in [2.05, 4.69) is 16.2 Å². The summed E-state index contributed by atoms with van der Waals surface area (Å²) in [4.78, 5) is 23.7. The molecule has 0 aliphatic carbocycles. The molecule has 2 aromatic carbocycles. The molecule has 0 aliphatic rings. The number of rotatable bonds is 5. The summed E-state index contributed by atoms with van der Waals surface area (Å²) in [5.41, 5.74) is 5.09. The Morgan fingerprint density at radius 2 is 1.77 bits per heavy atom. The monoisotopic (exact) mass is 393 g/mol. The van der Waals surface area contributed by atoms with Crippen LogP contribution in [0.1, 0.15) is 10.4 Å². The summed E-state index contributed by atoms with van der Waals surface area (Å²) in [5, 5.41) is 2.79. The van der Waals surface area contributed by atoms with Crippen molar-refractivity contribution in [1.82, 2.24) is 16.2 Å². The summed E-state index contributed by atoms with van der Waals surface area (Å²) in [6.07, 6.45) is 0. The number of halogens is 1. The molecule has 0 heterocycles. The molecule has 0 saturated heterocycles. The first-order valence-electron chi connectivity index (χ1n) is 7.40. The van der Waals surface area contributed by atoms with Gasteiger partial charge in [-0.25, -0.2) is 0 Å². The van der Waals surface area contributed by atoms with Gasteiger partial charge in [0.25, 0.3) is 11.8 Å². The Kier molecular flexibility index (Phi) is 7.19. The van der Waals surface area contributed by atoms with E-state index >= 15 is 0 Å². The van der Waals surface area contributed by atoms with Gasteiger partial charge in [-0.3, -0.25) is 25.8 Å². The lowest BCUT2D eigenvalue weighted by Crippen LogP contribution is -2.49. The van der Waals surface area contributed by atoms with E-state index in [0.29, 0.717) is 22.1 Å². The normalized spacial score (nSPS) is 9.77. The summed E-state index contributed by atoms with van der Waals surface area (Å²) in [5.74, 6) is 0.274. The van der Waals surface area contributed by atoms with Gasteiger partial charge in [0.2, 0.25) is 0 Å². The van der Waals surface area contributed by atoms with Crippen LogP contribution in [0.15, 0.2) is 48.5 Å². The third-order valence-electron chi connectivity index (χ3n) is 3.06. The van der Waals surface area contributed by atoms with E-state index in [-0.39, 0.29) is 11.7 Å². The van der Waals surface area contributed by atoms with Gasteiger partial charge in [-0.1, -0.05) is 17.7 Å². The minimum Gasteiger partial charge on any atom is -0.497 e. The van der Waals surface area contributed by atoms with Gasteiger partial charge in [-0.05, 0) is 54.7 Å². The third kappa shape index (κ3) is 6.23. The molecule has 0 saturated carbocycles. The molecule has 3 N–H and O–H groups in total. The van der Waals surface area contributed by atoms with Gasteiger partial charge < -0.3 is 9.47 Å². The number of ether oxygens (including phenoxy) is 2. The molecular weight excluding hydrogens is 378 g/mol. The zero-order valence-electron chi connectivity index (χ0n) is 13.7. The summed E-state index contributed by atoms with van der Waals surface area (Å²) in [7, 11) is 1.56. The van der Waals surface area contributed by atoms with Crippen molar-refractivity contribution in [3.63, 3.8) is 0 Å². The largest absolute Gasteiger partial charge is 0.497 e. The highest BCUT2D eigenvalue weighted by Crippen LogP contribution is 2.16. The average Bonchev–Trinajstić information content (AvgIpc) is 2.65. The zero-order chi connectivity index (χ0) is 18.9. The Bertz CT molecular complexity index is 799. The molecule has 9 heteroatoms. The van der Waals surface area contributed by atoms with Crippen LogP contribution in [0.2, 0.25) is 5.02 Å². The minimum absolute atomic E-state index is 0.0622. The van der Waals surface area contributed by atoms with Gasteiger partial charge >= 0.3 is 0 Å². The number of amides is 2. The van der Waals surface area contributed by atoms with Gasteiger partial charge in [0.15, 0.2) is 11.7 Å². The van der Waals surface area contributed by atoms with E-state index in [9.17, 15) is 9.59 Å². The van der Waals surface area contributed by atoms with Crippen molar-refractivity contribution >= 4 is 40.7 Å². The molecule has 2 rings (SSSR count). The fraction of sp³-hybridized carbons (Fsp3) is 0.118. The van der Waals surface area contributed by atoms with Crippen LogP contribution in [-0.4, -0.2) is 30.6 Å². The van der Waals surface area contributed by atoms with E-state index < -0.39 is 11.8 Å². The van der Waals surface area contributed by atoms with Gasteiger partial charge in [-0.2, -0.15) is 0 Å². The Labute approximate surface area is 160 Å². The van der Waals surface area contributed by atoms with Crippen molar-refractivity contribution in [2.24, 2.45) is 0 Å². The molecule has 2 amide bonds. The molecule has 0 aliphatic heterocycles. The number of carbonyl (C=O) groups excluding carboxylic acids is 2. The van der Waals surface area contributed by atoms with Crippen LogP contribution in [0.25, 0.3) is 0 Å². The standard InChI is InChI=1S/C17H16ClN3O4S/c1-24-13-5-7-14(8-6-13)25-10-15(22)20-21-17(26)19-16(23)11-3-2-4-12(18)9-11/h2-9H,10H2,1H3,(H,20,22)(H2,19,21,23,26). The average molecular weight is 394 g/mol. The maximum atomic E-state index is 12.0. The molecule has 0 aromatic heterocycles. The van der Waals surface area contributed by atoms with Crippen molar-refractivity contribution in [2.75, 3.05) is 13.7 Å². The van der Waals surface area contributed by atoms with Crippen LogP contribution in [0.4, 0.5) is 0 Å². The second-order valence-corrected chi connectivity index (χ2v) is 5.78. The fourth-order valence-electron chi connectivity index (χ4n) is 1.82. The Morgan fingerprint density at radius 1 is 1.08 bits per heavy atom. The van der Waals surface area contributed by atoms with Gasteiger partial charge in [0.1, 0.15) is 11.5 Å². The molecular formula is C17H16ClN3O4S. The zero-order valence-corrected chi connectivity index (χ0v) is 15.3. The van der Waals surface area contributed by atoms with Crippen molar-refractivity contribution < 1.29 is 19.1 Å².